The summed E-state index contributed by atoms with van der Waals surface area (Å²) in [6.07, 6.45) is 0.514. The molecular formula is C13H21NO3. The second-order valence-corrected chi connectivity index (χ2v) is 3.71. The van der Waals surface area contributed by atoms with Crippen LogP contribution in [0, 0.1) is 0 Å². The van der Waals surface area contributed by atoms with Crippen molar-refractivity contribution in [3.05, 3.63) is 29.8 Å². The van der Waals surface area contributed by atoms with E-state index in [1.165, 1.54) is 0 Å². The van der Waals surface area contributed by atoms with Gasteiger partial charge in [0.15, 0.2) is 0 Å². The molecule has 0 heterocycles. The van der Waals surface area contributed by atoms with Crippen LogP contribution >= 0.6 is 0 Å². The molecular weight excluding hydrogens is 218 g/mol. The molecule has 0 radical (unpaired) electrons. The van der Waals surface area contributed by atoms with Crippen molar-refractivity contribution in [3.63, 3.8) is 0 Å². The van der Waals surface area contributed by atoms with Crippen molar-refractivity contribution in [2.75, 3.05) is 26.4 Å². The highest BCUT2D eigenvalue weighted by Crippen LogP contribution is 2.18. The van der Waals surface area contributed by atoms with E-state index >= 15 is 0 Å². The molecule has 1 aromatic carbocycles. The second-order valence-electron chi connectivity index (χ2n) is 3.71. The molecule has 4 heteroatoms. The number of para-hydroxylation sites is 1. The zero-order valence-corrected chi connectivity index (χ0v) is 10.3. The molecule has 0 aliphatic heterocycles. The van der Waals surface area contributed by atoms with Crippen molar-refractivity contribution in [1.82, 2.24) is 0 Å². The van der Waals surface area contributed by atoms with E-state index in [-0.39, 0.29) is 12.7 Å². The van der Waals surface area contributed by atoms with Crippen LogP contribution in [0.2, 0.25) is 0 Å². The summed E-state index contributed by atoms with van der Waals surface area (Å²) in [5, 5.41) is 8.95. The zero-order chi connectivity index (χ0) is 12.5. The van der Waals surface area contributed by atoms with Gasteiger partial charge in [0.05, 0.1) is 0 Å². The van der Waals surface area contributed by atoms with E-state index in [4.69, 9.17) is 20.3 Å². The molecule has 1 atom stereocenters. The summed E-state index contributed by atoms with van der Waals surface area (Å²) in [5.41, 5.74) is 6.58. The van der Waals surface area contributed by atoms with Gasteiger partial charge in [-0.2, -0.15) is 0 Å². The first-order valence-electron chi connectivity index (χ1n) is 5.95. The number of aliphatic hydroxyl groups is 1. The van der Waals surface area contributed by atoms with Crippen molar-refractivity contribution in [2.45, 2.75) is 19.4 Å². The Morgan fingerprint density at radius 3 is 2.76 bits per heavy atom. The Bertz CT molecular complexity index is 317. The average Bonchev–Trinajstić information content (AvgIpc) is 2.36. The first-order valence-corrected chi connectivity index (χ1v) is 5.95. The summed E-state index contributed by atoms with van der Waals surface area (Å²) < 4.78 is 11.1. The minimum Gasteiger partial charge on any atom is -0.491 e. The number of ether oxygens (including phenoxy) is 2. The Morgan fingerprint density at radius 2 is 2.12 bits per heavy atom. The number of aliphatic hydroxyl groups excluding tert-OH is 1. The van der Waals surface area contributed by atoms with Crippen molar-refractivity contribution >= 4 is 0 Å². The standard InChI is InChI=1S/C13H21NO3/c1-2-16-12(9-14)10-17-13-6-4-3-5-11(13)7-8-15/h3-6,12,15H,2,7-10,14H2,1H3. The van der Waals surface area contributed by atoms with Gasteiger partial charge in [0.25, 0.3) is 0 Å². The van der Waals surface area contributed by atoms with E-state index < -0.39 is 0 Å². The quantitative estimate of drug-likeness (QED) is 0.709. The Balaban J connectivity index is 2.55. The Morgan fingerprint density at radius 1 is 1.35 bits per heavy atom. The highest BCUT2D eigenvalue weighted by Gasteiger charge is 2.08. The Hall–Kier alpha value is -1.10. The van der Waals surface area contributed by atoms with Gasteiger partial charge in [-0.25, -0.2) is 0 Å². The summed E-state index contributed by atoms with van der Waals surface area (Å²) in [7, 11) is 0. The van der Waals surface area contributed by atoms with Gasteiger partial charge in [0.1, 0.15) is 18.5 Å². The molecule has 0 spiro atoms. The average molecular weight is 239 g/mol. The van der Waals surface area contributed by atoms with E-state index in [0.717, 1.165) is 11.3 Å². The normalized spacial score (nSPS) is 12.4. The molecule has 1 unspecified atom stereocenters. The summed E-state index contributed by atoms with van der Waals surface area (Å²) in [6.45, 7) is 3.56. The lowest BCUT2D eigenvalue weighted by Crippen LogP contribution is -2.30. The molecule has 0 aliphatic rings. The summed E-state index contributed by atoms with van der Waals surface area (Å²) in [4.78, 5) is 0. The van der Waals surface area contributed by atoms with Crippen molar-refractivity contribution in [2.24, 2.45) is 5.73 Å². The fourth-order valence-electron chi connectivity index (χ4n) is 1.57. The molecule has 0 aromatic heterocycles. The second kappa shape index (κ2) is 8.06. The van der Waals surface area contributed by atoms with Crippen LogP contribution in [-0.4, -0.2) is 37.6 Å². The van der Waals surface area contributed by atoms with Gasteiger partial charge in [-0.05, 0) is 25.0 Å². The number of benzene rings is 1. The maximum atomic E-state index is 8.95. The molecule has 96 valence electrons. The van der Waals surface area contributed by atoms with Crippen LogP contribution in [0.4, 0.5) is 0 Å². The van der Waals surface area contributed by atoms with E-state index in [2.05, 4.69) is 0 Å². The van der Waals surface area contributed by atoms with Crippen molar-refractivity contribution in [1.29, 1.82) is 0 Å². The fourth-order valence-corrected chi connectivity index (χ4v) is 1.57. The van der Waals surface area contributed by atoms with E-state index in [1.807, 2.05) is 31.2 Å². The van der Waals surface area contributed by atoms with E-state index in [1.54, 1.807) is 0 Å². The van der Waals surface area contributed by atoms with Crippen molar-refractivity contribution in [3.8, 4) is 5.75 Å². The van der Waals surface area contributed by atoms with E-state index in [9.17, 15) is 0 Å². The zero-order valence-electron chi connectivity index (χ0n) is 10.3. The SMILES string of the molecule is CCOC(CN)COc1ccccc1CCO. The number of hydrogen-bond donors (Lipinski definition) is 2. The van der Waals surface area contributed by atoms with Gasteiger partial charge in [0, 0.05) is 19.8 Å². The smallest absolute Gasteiger partial charge is 0.122 e. The molecule has 17 heavy (non-hydrogen) atoms. The molecule has 4 nitrogen and oxygen atoms in total. The molecule has 0 aliphatic carbocycles. The molecule has 0 fully saturated rings. The van der Waals surface area contributed by atoms with Gasteiger partial charge < -0.3 is 20.3 Å². The molecule has 0 amide bonds. The third-order valence-corrected chi connectivity index (χ3v) is 2.44. The van der Waals surface area contributed by atoms with Crippen LogP contribution in [0.3, 0.4) is 0 Å². The third kappa shape index (κ3) is 4.73. The number of nitrogens with two attached hydrogens (primary N) is 1. The lowest BCUT2D eigenvalue weighted by atomic mass is 10.1. The van der Waals surface area contributed by atoms with Crippen LogP contribution in [0.25, 0.3) is 0 Å². The minimum absolute atomic E-state index is 0.0813. The Labute approximate surface area is 102 Å². The third-order valence-electron chi connectivity index (χ3n) is 2.44. The summed E-state index contributed by atoms with van der Waals surface area (Å²) in [5.74, 6) is 0.791. The highest BCUT2D eigenvalue weighted by molar-refractivity contribution is 5.33. The molecule has 0 saturated heterocycles. The van der Waals surface area contributed by atoms with Gasteiger partial charge >= 0.3 is 0 Å². The van der Waals surface area contributed by atoms with Crippen LogP contribution < -0.4 is 10.5 Å². The van der Waals surface area contributed by atoms with Crippen LogP contribution in [0.15, 0.2) is 24.3 Å². The molecule has 0 bridgehead atoms. The predicted molar refractivity (Wildman–Crippen MR) is 67.2 cm³/mol. The fraction of sp³-hybridized carbons (Fsp3) is 0.538. The molecule has 1 aromatic rings. The minimum atomic E-state index is -0.0813. The first kappa shape index (κ1) is 14.0. The van der Waals surface area contributed by atoms with Gasteiger partial charge in [-0.3, -0.25) is 0 Å². The van der Waals surface area contributed by atoms with Crippen LogP contribution in [-0.2, 0) is 11.2 Å². The summed E-state index contributed by atoms with van der Waals surface area (Å²) >= 11 is 0. The first-order chi connectivity index (χ1) is 8.31. The monoisotopic (exact) mass is 239 g/mol. The van der Waals surface area contributed by atoms with Crippen LogP contribution in [0.1, 0.15) is 12.5 Å². The number of rotatable bonds is 8. The predicted octanol–water partition coefficient (Wildman–Crippen LogP) is 0.964. The lowest BCUT2D eigenvalue weighted by molar-refractivity contribution is 0.0334. The highest BCUT2D eigenvalue weighted by atomic mass is 16.5. The van der Waals surface area contributed by atoms with Crippen LogP contribution in [0.5, 0.6) is 5.75 Å². The van der Waals surface area contributed by atoms with E-state index in [0.29, 0.717) is 26.2 Å². The van der Waals surface area contributed by atoms with Crippen molar-refractivity contribution < 1.29 is 14.6 Å². The molecule has 1 rings (SSSR count). The Kier molecular flexibility index (Phi) is 6.62. The molecule has 0 saturated carbocycles. The maximum Gasteiger partial charge on any atom is 0.122 e. The van der Waals surface area contributed by atoms with Gasteiger partial charge in [-0.15, -0.1) is 0 Å². The summed E-state index contributed by atoms with van der Waals surface area (Å²) in [6, 6.07) is 7.68. The van der Waals surface area contributed by atoms with Gasteiger partial charge in [-0.1, -0.05) is 18.2 Å². The molecule has 3 N–H and O–H groups in total. The topological polar surface area (TPSA) is 64.7 Å². The number of hydrogen-bond acceptors (Lipinski definition) is 4. The lowest BCUT2D eigenvalue weighted by Gasteiger charge is -2.17. The largest absolute Gasteiger partial charge is 0.491 e. The maximum absolute atomic E-state index is 8.95. The van der Waals surface area contributed by atoms with Gasteiger partial charge in [0.2, 0.25) is 0 Å².